The van der Waals surface area contributed by atoms with Gasteiger partial charge in [-0.05, 0) is 32.2 Å². The Balaban J connectivity index is 2.13. The molecule has 0 bridgehead atoms. The Morgan fingerprint density at radius 2 is 2.20 bits per heavy atom. The van der Waals surface area contributed by atoms with Crippen molar-refractivity contribution in [2.24, 2.45) is 5.92 Å². The fraction of sp³-hybridized carbons (Fsp3) is 0.750. The summed E-state index contributed by atoms with van der Waals surface area (Å²) >= 11 is 0. The molecule has 0 aromatic rings. The van der Waals surface area contributed by atoms with Crippen molar-refractivity contribution in [2.75, 3.05) is 13.1 Å². The van der Waals surface area contributed by atoms with Crippen LogP contribution >= 0.6 is 0 Å². The highest BCUT2D eigenvalue weighted by atomic mass is 16.2. The summed E-state index contributed by atoms with van der Waals surface area (Å²) in [6, 6.07) is -0.0921. The predicted octanol–water partition coefficient (Wildman–Crippen LogP) is 1.46. The Hall–Kier alpha value is -0.830. The molecule has 1 unspecified atom stereocenters. The van der Waals surface area contributed by atoms with E-state index in [1.807, 2.05) is 6.92 Å². The zero-order valence-corrected chi connectivity index (χ0v) is 9.59. The number of rotatable bonds is 6. The van der Waals surface area contributed by atoms with E-state index in [-0.39, 0.29) is 11.9 Å². The smallest absolute Gasteiger partial charge is 0.237 e. The van der Waals surface area contributed by atoms with Crippen LogP contribution in [0, 0.1) is 5.92 Å². The molecule has 1 rings (SSSR count). The lowest BCUT2D eigenvalue weighted by Crippen LogP contribution is -2.43. The van der Waals surface area contributed by atoms with Crippen molar-refractivity contribution in [1.82, 2.24) is 10.6 Å². The third-order valence-electron chi connectivity index (χ3n) is 3.00. The number of nitrogens with one attached hydrogen (secondary N) is 2. The normalized spacial score (nSPS) is 18.7. The van der Waals surface area contributed by atoms with Gasteiger partial charge in [-0.15, -0.1) is 6.58 Å². The fourth-order valence-electron chi connectivity index (χ4n) is 1.98. The van der Waals surface area contributed by atoms with Crippen LogP contribution in [0.4, 0.5) is 0 Å². The number of hydrogen-bond donors (Lipinski definition) is 2. The van der Waals surface area contributed by atoms with Gasteiger partial charge in [0.05, 0.1) is 6.04 Å². The van der Waals surface area contributed by atoms with Crippen molar-refractivity contribution >= 4 is 5.91 Å². The average Bonchev–Trinajstić information content (AvgIpc) is 2.75. The summed E-state index contributed by atoms with van der Waals surface area (Å²) in [5.41, 5.74) is 0. The van der Waals surface area contributed by atoms with Crippen LogP contribution in [-0.2, 0) is 4.79 Å². The SMILES string of the molecule is C=CCNC(=O)C(C)NCC1CCCC1. The summed E-state index contributed by atoms with van der Waals surface area (Å²) in [5, 5.41) is 6.07. The van der Waals surface area contributed by atoms with Crippen molar-refractivity contribution < 1.29 is 4.79 Å². The average molecular weight is 210 g/mol. The van der Waals surface area contributed by atoms with Gasteiger partial charge in [-0.3, -0.25) is 4.79 Å². The van der Waals surface area contributed by atoms with Gasteiger partial charge in [-0.2, -0.15) is 0 Å². The Morgan fingerprint density at radius 3 is 2.80 bits per heavy atom. The van der Waals surface area contributed by atoms with Crippen LogP contribution in [0.5, 0.6) is 0 Å². The van der Waals surface area contributed by atoms with E-state index < -0.39 is 0 Å². The molecule has 1 aliphatic rings. The summed E-state index contributed by atoms with van der Waals surface area (Å²) in [6.07, 6.45) is 7.02. The largest absolute Gasteiger partial charge is 0.351 e. The minimum Gasteiger partial charge on any atom is -0.351 e. The molecule has 0 spiro atoms. The first-order chi connectivity index (χ1) is 7.24. The van der Waals surface area contributed by atoms with Gasteiger partial charge in [0, 0.05) is 6.54 Å². The molecule has 1 saturated carbocycles. The Morgan fingerprint density at radius 1 is 1.53 bits per heavy atom. The van der Waals surface area contributed by atoms with Crippen LogP contribution in [0.1, 0.15) is 32.6 Å². The molecule has 1 atom stereocenters. The third kappa shape index (κ3) is 4.47. The lowest BCUT2D eigenvalue weighted by Gasteiger charge is -2.16. The van der Waals surface area contributed by atoms with E-state index in [9.17, 15) is 4.79 Å². The molecule has 2 N–H and O–H groups in total. The van der Waals surface area contributed by atoms with E-state index in [0.29, 0.717) is 6.54 Å². The molecule has 0 heterocycles. The van der Waals surface area contributed by atoms with Crippen LogP contribution in [0.25, 0.3) is 0 Å². The molecule has 1 aliphatic carbocycles. The highest BCUT2D eigenvalue weighted by molar-refractivity contribution is 5.81. The van der Waals surface area contributed by atoms with Crippen LogP contribution in [0.3, 0.4) is 0 Å². The minimum absolute atomic E-state index is 0.0629. The first-order valence-corrected chi connectivity index (χ1v) is 5.86. The minimum atomic E-state index is -0.0921. The predicted molar refractivity (Wildman–Crippen MR) is 62.6 cm³/mol. The molecule has 0 aromatic carbocycles. The first-order valence-electron chi connectivity index (χ1n) is 5.86. The summed E-state index contributed by atoms with van der Waals surface area (Å²) in [6.45, 7) is 7.00. The highest BCUT2D eigenvalue weighted by Gasteiger charge is 2.17. The Kier molecular flexibility index (Phi) is 5.40. The topological polar surface area (TPSA) is 41.1 Å². The number of amides is 1. The molecule has 0 saturated heterocycles. The van der Waals surface area contributed by atoms with E-state index in [0.717, 1.165) is 12.5 Å². The summed E-state index contributed by atoms with van der Waals surface area (Å²) in [5.74, 6) is 0.840. The van der Waals surface area contributed by atoms with Crippen LogP contribution < -0.4 is 10.6 Å². The zero-order chi connectivity index (χ0) is 11.1. The summed E-state index contributed by atoms with van der Waals surface area (Å²) < 4.78 is 0. The molecule has 0 aromatic heterocycles. The molecule has 3 heteroatoms. The van der Waals surface area contributed by atoms with Crippen LogP contribution in [0.2, 0.25) is 0 Å². The van der Waals surface area contributed by atoms with Gasteiger partial charge < -0.3 is 10.6 Å². The van der Waals surface area contributed by atoms with E-state index in [1.165, 1.54) is 25.7 Å². The number of carbonyl (C=O) groups excluding carboxylic acids is 1. The maximum absolute atomic E-state index is 11.5. The monoisotopic (exact) mass is 210 g/mol. The van der Waals surface area contributed by atoms with Crippen LogP contribution in [-0.4, -0.2) is 25.0 Å². The second-order valence-electron chi connectivity index (χ2n) is 4.31. The van der Waals surface area contributed by atoms with Gasteiger partial charge in [-0.25, -0.2) is 0 Å². The van der Waals surface area contributed by atoms with Gasteiger partial charge in [-0.1, -0.05) is 18.9 Å². The van der Waals surface area contributed by atoms with Crippen molar-refractivity contribution in [3.63, 3.8) is 0 Å². The van der Waals surface area contributed by atoms with Gasteiger partial charge in [0.15, 0.2) is 0 Å². The molecule has 0 aliphatic heterocycles. The molecule has 15 heavy (non-hydrogen) atoms. The maximum Gasteiger partial charge on any atom is 0.237 e. The lowest BCUT2D eigenvalue weighted by molar-refractivity contribution is -0.122. The molecule has 86 valence electrons. The number of hydrogen-bond acceptors (Lipinski definition) is 2. The van der Waals surface area contributed by atoms with E-state index in [4.69, 9.17) is 0 Å². The van der Waals surface area contributed by atoms with Gasteiger partial charge >= 0.3 is 0 Å². The van der Waals surface area contributed by atoms with Crippen molar-refractivity contribution in [3.8, 4) is 0 Å². The summed E-state index contributed by atoms with van der Waals surface area (Å²) in [7, 11) is 0. The Bertz CT molecular complexity index is 210. The zero-order valence-electron chi connectivity index (χ0n) is 9.59. The highest BCUT2D eigenvalue weighted by Crippen LogP contribution is 2.23. The fourth-order valence-corrected chi connectivity index (χ4v) is 1.98. The second kappa shape index (κ2) is 6.62. The van der Waals surface area contributed by atoms with E-state index in [1.54, 1.807) is 6.08 Å². The van der Waals surface area contributed by atoms with Gasteiger partial charge in [0.25, 0.3) is 0 Å². The molecule has 1 fully saturated rings. The number of carbonyl (C=O) groups is 1. The molecule has 0 radical (unpaired) electrons. The first kappa shape index (κ1) is 12.2. The second-order valence-corrected chi connectivity index (χ2v) is 4.31. The molecule has 1 amide bonds. The van der Waals surface area contributed by atoms with Crippen molar-refractivity contribution in [1.29, 1.82) is 0 Å². The van der Waals surface area contributed by atoms with Crippen molar-refractivity contribution in [3.05, 3.63) is 12.7 Å². The molecular weight excluding hydrogens is 188 g/mol. The van der Waals surface area contributed by atoms with Crippen LogP contribution in [0.15, 0.2) is 12.7 Å². The molecular formula is C12H22N2O. The Labute approximate surface area is 92.3 Å². The van der Waals surface area contributed by atoms with Gasteiger partial charge in [0.1, 0.15) is 0 Å². The lowest BCUT2D eigenvalue weighted by atomic mass is 10.1. The van der Waals surface area contributed by atoms with E-state index in [2.05, 4.69) is 17.2 Å². The third-order valence-corrected chi connectivity index (χ3v) is 3.00. The standard InChI is InChI=1S/C12H22N2O/c1-3-8-13-12(15)10(2)14-9-11-6-4-5-7-11/h3,10-11,14H,1,4-9H2,2H3,(H,13,15). The van der Waals surface area contributed by atoms with Crippen molar-refractivity contribution in [2.45, 2.75) is 38.6 Å². The maximum atomic E-state index is 11.5. The summed E-state index contributed by atoms with van der Waals surface area (Å²) in [4.78, 5) is 11.5. The van der Waals surface area contributed by atoms with Gasteiger partial charge in [0.2, 0.25) is 5.91 Å². The molecule has 3 nitrogen and oxygen atoms in total. The quantitative estimate of drug-likeness (QED) is 0.652. The van der Waals surface area contributed by atoms with E-state index >= 15 is 0 Å².